The Kier molecular flexibility index (Phi) is 3.50. The van der Waals surface area contributed by atoms with Gasteiger partial charge in [-0.3, -0.25) is 0 Å². The van der Waals surface area contributed by atoms with Crippen LogP contribution in [0, 0.1) is 0 Å². The molecular weight excluding hydrogens is 234 g/mol. The van der Waals surface area contributed by atoms with Gasteiger partial charge in [0.2, 0.25) is 11.7 Å². The normalized spacial score (nSPS) is 10.9. The van der Waals surface area contributed by atoms with Crippen LogP contribution in [0.1, 0.15) is 42.9 Å². The largest absolute Gasteiger partial charge is 0.472 e. The zero-order valence-electron chi connectivity index (χ0n) is 10.6. The Balaban J connectivity index is 2.42. The minimum atomic E-state index is -0.483. The van der Waals surface area contributed by atoms with E-state index in [0.29, 0.717) is 23.8 Å². The summed E-state index contributed by atoms with van der Waals surface area (Å²) in [5.41, 5.74) is 1.30. The first-order chi connectivity index (χ1) is 8.63. The highest BCUT2D eigenvalue weighted by atomic mass is 16.5. The van der Waals surface area contributed by atoms with E-state index in [1.54, 1.807) is 13.0 Å². The van der Waals surface area contributed by atoms with E-state index < -0.39 is 5.97 Å². The molecule has 0 amide bonds. The molecule has 2 heterocycles. The van der Waals surface area contributed by atoms with E-state index in [-0.39, 0.29) is 11.7 Å². The number of nitrogens with zero attached hydrogens (tertiary/aromatic N) is 1. The number of esters is 1. The fourth-order valence-electron chi connectivity index (χ4n) is 1.58. The van der Waals surface area contributed by atoms with Gasteiger partial charge in [-0.05, 0) is 18.9 Å². The van der Waals surface area contributed by atoms with Crippen LogP contribution >= 0.6 is 0 Å². The summed E-state index contributed by atoms with van der Waals surface area (Å²) >= 11 is 0. The predicted molar refractivity (Wildman–Crippen MR) is 64.3 cm³/mol. The fraction of sp³-hybridized carbons (Fsp3) is 0.385. The Morgan fingerprint density at radius 3 is 2.83 bits per heavy atom. The number of rotatable bonds is 4. The summed E-state index contributed by atoms with van der Waals surface area (Å²) in [5, 5.41) is 0. The van der Waals surface area contributed by atoms with Crippen molar-refractivity contribution < 1.29 is 18.4 Å². The molecule has 96 valence electrons. The van der Waals surface area contributed by atoms with Crippen LogP contribution in [0.5, 0.6) is 0 Å². The second kappa shape index (κ2) is 5.08. The molecular formula is C13H15NO4. The van der Waals surface area contributed by atoms with Gasteiger partial charge in [0.25, 0.3) is 0 Å². The molecule has 0 aromatic carbocycles. The lowest BCUT2D eigenvalue weighted by Crippen LogP contribution is -2.07. The van der Waals surface area contributed by atoms with E-state index in [4.69, 9.17) is 13.6 Å². The Labute approximate surface area is 105 Å². The average Bonchev–Trinajstić information content (AvgIpc) is 2.98. The van der Waals surface area contributed by atoms with Gasteiger partial charge in [0, 0.05) is 0 Å². The molecule has 0 atom stereocenters. The zero-order chi connectivity index (χ0) is 13.1. The van der Waals surface area contributed by atoms with Crippen LogP contribution in [-0.4, -0.2) is 17.6 Å². The fourth-order valence-corrected chi connectivity index (χ4v) is 1.58. The summed E-state index contributed by atoms with van der Waals surface area (Å²) in [7, 11) is 0. The van der Waals surface area contributed by atoms with Gasteiger partial charge in [-0.15, -0.1) is 0 Å². The standard InChI is InChI=1S/C13H15NO4/c1-4-17-13(15)11-10(8(2)3)14-12(18-11)9-5-6-16-7-9/h5-8H,4H2,1-3H3. The molecule has 0 aliphatic heterocycles. The summed E-state index contributed by atoms with van der Waals surface area (Å²) in [5.74, 6) is 0.135. The van der Waals surface area contributed by atoms with E-state index in [1.165, 1.54) is 12.5 Å². The first kappa shape index (κ1) is 12.4. The molecule has 0 saturated carbocycles. The predicted octanol–water partition coefficient (Wildman–Crippen LogP) is 3.23. The van der Waals surface area contributed by atoms with Gasteiger partial charge in [-0.1, -0.05) is 13.8 Å². The molecule has 2 rings (SSSR count). The van der Waals surface area contributed by atoms with Crippen molar-refractivity contribution in [2.75, 3.05) is 6.61 Å². The maximum absolute atomic E-state index is 11.8. The van der Waals surface area contributed by atoms with Crippen LogP contribution in [-0.2, 0) is 4.74 Å². The molecule has 0 saturated heterocycles. The third-order valence-corrected chi connectivity index (χ3v) is 2.43. The molecule has 18 heavy (non-hydrogen) atoms. The maximum Gasteiger partial charge on any atom is 0.376 e. The molecule has 2 aromatic heterocycles. The Bertz CT molecular complexity index is 525. The van der Waals surface area contributed by atoms with E-state index >= 15 is 0 Å². The lowest BCUT2D eigenvalue weighted by molar-refractivity contribution is 0.0488. The number of aromatic nitrogens is 1. The van der Waals surface area contributed by atoms with Crippen LogP contribution in [0.25, 0.3) is 11.5 Å². The van der Waals surface area contributed by atoms with Gasteiger partial charge in [0.15, 0.2) is 0 Å². The smallest absolute Gasteiger partial charge is 0.376 e. The second-order valence-electron chi connectivity index (χ2n) is 4.12. The quantitative estimate of drug-likeness (QED) is 0.778. The molecule has 5 heteroatoms. The summed E-state index contributed by atoms with van der Waals surface area (Å²) in [4.78, 5) is 16.1. The van der Waals surface area contributed by atoms with Crippen molar-refractivity contribution in [3.05, 3.63) is 30.0 Å². The van der Waals surface area contributed by atoms with Crippen molar-refractivity contribution in [2.24, 2.45) is 0 Å². The third-order valence-electron chi connectivity index (χ3n) is 2.43. The molecule has 0 spiro atoms. The summed E-state index contributed by atoms with van der Waals surface area (Å²) < 4.78 is 15.4. The van der Waals surface area contributed by atoms with Crippen LogP contribution < -0.4 is 0 Å². The first-order valence-electron chi connectivity index (χ1n) is 5.83. The van der Waals surface area contributed by atoms with Gasteiger partial charge >= 0.3 is 5.97 Å². The number of ether oxygens (including phenoxy) is 1. The highest BCUT2D eigenvalue weighted by Gasteiger charge is 2.24. The molecule has 0 unspecified atom stereocenters. The van der Waals surface area contributed by atoms with Gasteiger partial charge in [-0.2, -0.15) is 0 Å². The average molecular weight is 249 g/mol. The van der Waals surface area contributed by atoms with E-state index in [0.717, 1.165) is 0 Å². The molecule has 0 N–H and O–H groups in total. The number of carbonyl (C=O) groups is 1. The number of furan rings is 1. The van der Waals surface area contributed by atoms with Crippen molar-refractivity contribution >= 4 is 5.97 Å². The maximum atomic E-state index is 11.8. The zero-order valence-corrected chi connectivity index (χ0v) is 10.6. The lowest BCUT2D eigenvalue weighted by Gasteiger charge is -2.02. The monoisotopic (exact) mass is 249 g/mol. The number of carbonyl (C=O) groups excluding carboxylic acids is 1. The molecule has 2 aromatic rings. The van der Waals surface area contributed by atoms with Gasteiger partial charge < -0.3 is 13.6 Å². The number of hydrogen-bond donors (Lipinski definition) is 0. The van der Waals surface area contributed by atoms with Crippen LogP contribution in [0.4, 0.5) is 0 Å². The van der Waals surface area contributed by atoms with Crippen LogP contribution in [0.15, 0.2) is 27.4 Å². The van der Waals surface area contributed by atoms with Crippen molar-refractivity contribution in [1.29, 1.82) is 0 Å². The third kappa shape index (κ3) is 2.30. The Morgan fingerprint density at radius 1 is 1.50 bits per heavy atom. The van der Waals surface area contributed by atoms with Crippen molar-refractivity contribution in [1.82, 2.24) is 4.98 Å². The summed E-state index contributed by atoms with van der Waals surface area (Å²) in [6, 6.07) is 1.73. The summed E-state index contributed by atoms with van der Waals surface area (Å²) in [6.45, 7) is 5.94. The van der Waals surface area contributed by atoms with E-state index in [1.807, 2.05) is 13.8 Å². The van der Waals surface area contributed by atoms with Gasteiger partial charge in [-0.25, -0.2) is 9.78 Å². The number of hydrogen-bond acceptors (Lipinski definition) is 5. The van der Waals surface area contributed by atoms with E-state index in [9.17, 15) is 4.79 Å². The molecule has 0 fully saturated rings. The molecule has 0 aliphatic rings. The van der Waals surface area contributed by atoms with Crippen molar-refractivity contribution in [3.63, 3.8) is 0 Å². The topological polar surface area (TPSA) is 65.5 Å². The molecule has 0 bridgehead atoms. The minimum absolute atomic E-state index is 0.0776. The summed E-state index contributed by atoms with van der Waals surface area (Å²) in [6.07, 6.45) is 3.05. The number of oxazole rings is 1. The van der Waals surface area contributed by atoms with E-state index in [2.05, 4.69) is 4.98 Å². The lowest BCUT2D eigenvalue weighted by atomic mass is 10.1. The van der Waals surface area contributed by atoms with Gasteiger partial charge in [0.1, 0.15) is 6.26 Å². The highest BCUT2D eigenvalue weighted by molar-refractivity contribution is 5.88. The highest BCUT2D eigenvalue weighted by Crippen LogP contribution is 2.27. The van der Waals surface area contributed by atoms with Crippen LogP contribution in [0.3, 0.4) is 0 Å². The van der Waals surface area contributed by atoms with Crippen molar-refractivity contribution in [2.45, 2.75) is 26.7 Å². The molecule has 5 nitrogen and oxygen atoms in total. The van der Waals surface area contributed by atoms with Crippen molar-refractivity contribution in [3.8, 4) is 11.5 Å². The van der Waals surface area contributed by atoms with Crippen LogP contribution in [0.2, 0.25) is 0 Å². The van der Waals surface area contributed by atoms with Gasteiger partial charge in [0.05, 0.1) is 24.1 Å². The Hall–Kier alpha value is -2.04. The SMILES string of the molecule is CCOC(=O)c1oc(-c2ccoc2)nc1C(C)C. The molecule has 0 aliphatic carbocycles. The first-order valence-corrected chi connectivity index (χ1v) is 5.83. The Morgan fingerprint density at radius 2 is 2.28 bits per heavy atom. The second-order valence-corrected chi connectivity index (χ2v) is 4.12. The molecule has 0 radical (unpaired) electrons. The minimum Gasteiger partial charge on any atom is -0.472 e.